The molecular weight excluding hydrogens is 152 g/mol. The van der Waals surface area contributed by atoms with E-state index in [0.717, 1.165) is 25.4 Å². The normalized spacial score (nSPS) is 39.9. The van der Waals surface area contributed by atoms with E-state index in [1.807, 2.05) is 6.92 Å². The van der Waals surface area contributed by atoms with Crippen molar-refractivity contribution in [1.29, 1.82) is 0 Å². The summed E-state index contributed by atoms with van der Waals surface area (Å²) in [4.78, 5) is 11.6. The van der Waals surface area contributed by atoms with Crippen molar-refractivity contribution in [3.63, 3.8) is 0 Å². The zero-order valence-electron chi connectivity index (χ0n) is 7.64. The first-order valence-electron chi connectivity index (χ1n) is 4.94. The number of carbonyl (C=O) groups excluding carboxylic acids is 1. The second-order valence-corrected chi connectivity index (χ2v) is 4.03. The Kier molecular flexibility index (Phi) is 1.95. The standard InChI is InChI=1S/C10H16O2/c1-2-9(11)10-5-3-8(4-6-10)7-12-10/h8H,2-7H2,1H3. The van der Waals surface area contributed by atoms with E-state index in [1.165, 1.54) is 12.8 Å². The maximum Gasteiger partial charge on any atom is 0.164 e. The summed E-state index contributed by atoms with van der Waals surface area (Å²) in [6.07, 6.45) is 4.98. The molecule has 1 saturated carbocycles. The highest BCUT2D eigenvalue weighted by molar-refractivity contribution is 5.87. The zero-order valence-corrected chi connectivity index (χ0v) is 7.64. The number of hydrogen-bond donors (Lipinski definition) is 0. The van der Waals surface area contributed by atoms with E-state index in [1.54, 1.807) is 0 Å². The van der Waals surface area contributed by atoms with Gasteiger partial charge in [-0.05, 0) is 31.6 Å². The van der Waals surface area contributed by atoms with Crippen molar-refractivity contribution in [2.45, 2.75) is 44.6 Å². The molecule has 2 heterocycles. The third-order valence-corrected chi connectivity index (χ3v) is 3.34. The molecule has 2 saturated heterocycles. The monoisotopic (exact) mass is 168 g/mol. The van der Waals surface area contributed by atoms with Gasteiger partial charge in [-0.3, -0.25) is 4.79 Å². The highest BCUT2D eigenvalue weighted by atomic mass is 16.5. The second kappa shape index (κ2) is 2.84. The first-order chi connectivity index (χ1) is 5.77. The smallest absolute Gasteiger partial charge is 0.164 e. The highest BCUT2D eigenvalue weighted by Gasteiger charge is 2.45. The first kappa shape index (κ1) is 8.24. The van der Waals surface area contributed by atoms with E-state index in [0.29, 0.717) is 12.2 Å². The van der Waals surface area contributed by atoms with Gasteiger partial charge in [-0.1, -0.05) is 6.92 Å². The predicted octanol–water partition coefficient (Wildman–Crippen LogP) is 1.92. The molecule has 3 rings (SSSR count). The van der Waals surface area contributed by atoms with Crippen molar-refractivity contribution in [2.75, 3.05) is 6.61 Å². The Morgan fingerprint density at radius 3 is 2.58 bits per heavy atom. The molecular formula is C10H16O2. The number of ether oxygens (including phenoxy) is 1. The molecule has 68 valence electrons. The molecule has 3 aliphatic rings. The van der Waals surface area contributed by atoms with Crippen LogP contribution in [0.4, 0.5) is 0 Å². The largest absolute Gasteiger partial charge is 0.367 e. The van der Waals surface area contributed by atoms with E-state index in [9.17, 15) is 4.79 Å². The molecule has 0 spiro atoms. The quantitative estimate of drug-likeness (QED) is 0.629. The van der Waals surface area contributed by atoms with E-state index in [4.69, 9.17) is 4.74 Å². The maximum atomic E-state index is 11.6. The van der Waals surface area contributed by atoms with Crippen LogP contribution in [0.25, 0.3) is 0 Å². The Labute approximate surface area is 73.3 Å². The molecule has 3 fully saturated rings. The van der Waals surface area contributed by atoms with Gasteiger partial charge in [-0.2, -0.15) is 0 Å². The van der Waals surface area contributed by atoms with Gasteiger partial charge in [0.2, 0.25) is 0 Å². The molecule has 0 aromatic heterocycles. The summed E-state index contributed by atoms with van der Waals surface area (Å²) in [5, 5.41) is 0. The summed E-state index contributed by atoms with van der Waals surface area (Å²) >= 11 is 0. The van der Waals surface area contributed by atoms with Gasteiger partial charge < -0.3 is 4.74 Å². The lowest BCUT2D eigenvalue weighted by Crippen LogP contribution is -2.50. The highest BCUT2D eigenvalue weighted by Crippen LogP contribution is 2.41. The molecule has 2 nitrogen and oxygen atoms in total. The number of hydrogen-bond acceptors (Lipinski definition) is 2. The molecule has 0 N–H and O–H groups in total. The van der Waals surface area contributed by atoms with Gasteiger partial charge in [0.05, 0.1) is 6.61 Å². The van der Waals surface area contributed by atoms with Crippen molar-refractivity contribution >= 4 is 5.78 Å². The lowest BCUT2D eigenvalue weighted by Gasteiger charge is -2.45. The fourth-order valence-electron chi connectivity index (χ4n) is 2.41. The first-order valence-corrected chi connectivity index (χ1v) is 4.94. The third-order valence-electron chi connectivity index (χ3n) is 3.34. The average Bonchev–Trinajstić information content (AvgIpc) is 2.19. The van der Waals surface area contributed by atoms with Crippen LogP contribution < -0.4 is 0 Å². The van der Waals surface area contributed by atoms with Gasteiger partial charge in [0.1, 0.15) is 5.60 Å². The second-order valence-electron chi connectivity index (χ2n) is 4.03. The van der Waals surface area contributed by atoms with E-state index < -0.39 is 0 Å². The summed E-state index contributed by atoms with van der Waals surface area (Å²) < 4.78 is 5.67. The van der Waals surface area contributed by atoms with Crippen LogP contribution in [0, 0.1) is 5.92 Å². The van der Waals surface area contributed by atoms with Crippen LogP contribution in [0.2, 0.25) is 0 Å². The van der Waals surface area contributed by atoms with E-state index in [-0.39, 0.29) is 5.60 Å². The van der Waals surface area contributed by atoms with Crippen LogP contribution >= 0.6 is 0 Å². The summed E-state index contributed by atoms with van der Waals surface area (Å²) in [6.45, 7) is 2.76. The van der Waals surface area contributed by atoms with Crippen LogP contribution in [0.15, 0.2) is 0 Å². The minimum absolute atomic E-state index is 0.320. The Hall–Kier alpha value is -0.370. The van der Waals surface area contributed by atoms with Crippen molar-refractivity contribution in [2.24, 2.45) is 5.92 Å². The van der Waals surface area contributed by atoms with Crippen LogP contribution in [0.3, 0.4) is 0 Å². The molecule has 2 bridgehead atoms. The Balaban J connectivity index is 2.13. The van der Waals surface area contributed by atoms with Crippen molar-refractivity contribution in [1.82, 2.24) is 0 Å². The molecule has 0 radical (unpaired) electrons. The minimum Gasteiger partial charge on any atom is -0.367 e. The summed E-state index contributed by atoms with van der Waals surface area (Å²) in [5.74, 6) is 1.07. The Morgan fingerprint density at radius 2 is 2.17 bits per heavy atom. The number of ketones is 1. The molecule has 0 atom stereocenters. The number of Topliss-reactive ketones (excluding diaryl/α,β-unsaturated/α-hetero) is 1. The van der Waals surface area contributed by atoms with Gasteiger partial charge in [0, 0.05) is 6.42 Å². The molecule has 0 aromatic rings. The summed E-state index contributed by atoms with van der Waals surface area (Å²) in [7, 11) is 0. The van der Waals surface area contributed by atoms with E-state index >= 15 is 0 Å². The van der Waals surface area contributed by atoms with Crippen LogP contribution in [0.5, 0.6) is 0 Å². The third kappa shape index (κ3) is 1.09. The van der Waals surface area contributed by atoms with Gasteiger partial charge in [0.15, 0.2) is 5.78 Å². The van der Waals surface area contributed by atoms with Gasteiger partial charge in [-0.25, -0.2) is 0 Å². The van der Waals surface area contributed by atoms with Crippen LogP contribution in [-0.2, 0) is 9.53 Å². The fraction of sp³-hybridized carbons (Fsp3) is 0.900. The fourth-order valence-corrected chi connectivity index (χ4v) is 2.41. The number of carbonyl (C=O) groups is 1. The van der Waals surface area contributed by atoms with Crippen molar-refractivity contribution in [3.8, 4) is 0 Å². The molecule has 0 amide bonds. The maximum absolute atomic E-state index is 11.6. The van der Waals surface area contributed by atoms with Gasteiger partial charge in [0.25, 0.3) is 0 Å². The average molecular weight is 168 g/mol. The minimum atomic E-state index is -0.344. The SMILES string of the molecule is CCC(=O)C12CCC(CC1)CO2. The van der Waals surface area contributed by atoms with Crippen LogP contribution in [-0.4, -0.2) is 18.0 Å². The molecule has 2 aliphatic heterocycles. The van der Waals surface area contributed by atoms with E-state index in [2.05, 4.69) is 0 Å². The topological polar surface area (TPSA) is 26.3 Å². The molecule has 0 unspecified atom stereocenters. The van der Waals surface area contributed by atoms with Crippen molar-refractivity contribution in [3.05, 3.63) is 0 Å². The summed E-state index contributed by atoms with van der Waals surface area (Å²) in [5.41, 5.74) is -0.344. The lowest BCUT2D eigenvalue weighted by atomic mass is 9.73. The Bertz CT molecular complexity index is 176. The zero-order chi connectivity index (χ0) is 8.60. The number of fused-ring (bicyclic) bond motifs is 3. The molecule has 12 heavy (non-hydrogen) atoms. The summed E-state index contributed by atoms with van der Waals surface area (Å²) in [6, 6.07) is 0. The Morgan fingerprint density at radius 1 is 1.50 bits per heavy atom. The van der Waals surface area contributed by atoms with Gasteiger partial charge >= 0.3 is 0 Å². The lowest BCUT2D eigenvalue weighted by molar-refractivity contribution is -0.170. The van der Waals surface area contributed by atoms with Crippen LogP contribution in [0.1, 0.15) is 39.0 Å². The van der Waals surface area contributed by atoms with Gasteiger partial charge in [-0.15, -0.1) is 0 Å². The molecule has 1 aliphatic carbocycles. The molecule has 0 aromatic carbocycles. The molecule has 2 heteroatoms. The number of rotatable bonds is 2. The van der Waals surface area contributed by atoms with Crippen molar-refractivity contribution < 1.29 is 9.53 Å². The predicted molar refractivity (Wildman–Crippen MR) is 45.9 cm³/mol.